The minimum atomic E-state index is -0.479. The summed E-state index contributed by atoms with van der Waals surface area (Å²) in [5.74, 6) is 0.109. The molecule has 4 rings (SSSR count). The Morgan fingerprint density at radius 3 is 2.84 bits per heavy atom. The van der Waals surface area contributed by atoms with Gasteiger partial charge in [0, 0.05) is 24.4 Å². The molecule has 2 heterocycles. The lowest BCUT2D eigenvalue weighted by molar-refractivity contribution is -0.119. The Morgan fingerprint density at radius 1 is 1.26 bits per heavy atom. The molecule has 3 aromatic rings. The van der Waals surface area contributed by atoms with Gasteiger partial charge in [-0.2, -0.15) is 0 Å². The normalized spacial score (nSPS) is 13.7. The number of pyridine rings is 1. The maximum Gasteiger partial charge on any atom is 0.230 e. The van der Waals surface area contributed by atoms with Crippen LogP contribution in [0, 0.1) is 0 Å². The van der Waals surface area contributed by atoms with Crippen molar-refractivity contribution in [3.63, 3.8) is 0 Å². The van der Waals surface area contributed by atoms with Crippen LogP contribution < -0.4 is 15.4 Å². The van der Waals surface area contributed by atoms with Crippen molar-refractivity contribution in [3.05, 3.63) is 81.4 Å². The number of nitrogens with zero attached hydrogens (tertiary/aromatic N) is 1. The van der Waals surface area contributed by atoms with E-state index in [9.17, 15) is 9.18 Å². The van der Waals surface area contributed by atoms with Crippen LogP contribution in [0.5, 0.6) is 5.75 Å². The summed E-state index contributed by atoms with van der Waals surface area (Å²) in [7, 11) is 0. The largest absolute Gasteiger partial charge is 0.457 e. The molecule has 0 aliphatic heterocycles. The first-order chi connectivity index (χ1) is 15.0. The van der Waals surface area contributed by atoms with Crippen molar-refractivity contribution < 1.29 is 13.9 Å². The number of allylic oxidation sites excluding steroid dienone is 4. The number of thiocarbonyl (C=S) groups is 1. The van der Waals surface area contributed by atoms with Gasteiger partial charge in [-0.05, 0) is 52.3 Å². The SMILES string of the molecule is O=C(Cc1ccccc1)NC(=S)NC1=CC(F)=C(Oc2ccnc3cc(Br)sc23)CC1. The third-order valence-electron chi connectivity index (χ3n) is 4.50. The van der Waals surface area contributed by atoms with Crippen molar-refractivity contribution in [1.29, 1.82) is 0 Å². The van der Waals surface area contributed by atoms with Gasteiger partial charge in [-0.1, -0.05) is 30.3 Å². The summed E-state index contributed by atoms with van der Waals surface area (Å²) in [5, 5.41) is 5.67. The van der Waals surface area contributed by atoms with Gasteiger partial charge in [-0.3, -0.25) is 9.78 Å². The number of ether oxygens (including phenoxy) is 1. The Hall–Kier alpha value is -2.62. The number of nitrogens with one attached hydrogen (secondary N) is 2. The molecule has 2 aromatic heterocycles. The minimum absolute atomic E-state index is 0.142. The Morgan fingerprint density at radius 2 is 2.06 bits per heavy atom. The van der Waals surface area contributed by atoms with E-state index in [1.165, 1.54) is 17.4 Å². The van der Waals surface area contributed by atoms with Crippen LogP contribution in [0.1, 0.15) is 18.4 Å². The molecule has 1 amide bonds. The third kappa shape index (κ3) is 5.55. The van der Waals surface area contributed by atoms with E-state index >= 15 is 0 Å². The van der Waals surface area contributed by atoms with Crippen molar-refractivity contribution in [3.8, 4) is 5.75 Å². The van der Waals surface area contributed by atoms with Crippen LogP contribution >= 0.6 is 39.5 Å². The van der Waals surface area contributed by atoms with E-state index < -0.39 is 5.83 Å². The number of halogens is 2. The fourth-order valence-electron chi connectivity index (χ4n) is 3.10. The number of hydrogen-bond donors (Lipinski definition) is 2. The smallest absolute Gasteiger partial charge is 0.230 e. The fourth-order valence-corrected chi connectivity index (χ4v) is 4.84. The highest BCUT2D eigenvalue weighted by molar-refractivity contribution is 9.11. The molecule has 0 saturated heterocycles. The molecule has 5 nitrogen and oxygen atoms in total. The van der Waals surface area contributed by atoms with Crippen molar-refractivity contribution in [2.24, 2.45) is 0 Å². The van der Waals surface area contributed by atoms with Gasteiger partial charge in [-0.25, -0.2) is 4.39 Å². The maximum absolute atomic E-state index is 14.7. The molecule has 0 atom stereocenters. The third-order valence-corrected chi connectivity index (χ3v) is 6.35. The summed E-state index contributed by atoms with van der Waals surface area (Å²) < 4.78 is 22.3. The monoisotopic (exact) mass is 517 g/mol. The summed E-state index contributed by atoms with van der Waals surface area (Å²) in [6.45, 7) is 0. The Labute approximate surface area is 196 Å². The van der Waals surface area contributed by atoms with E-state index in [1.54, 1.807) is 12.3 Å². The predicted molar refractivity (Wildman–Crippen MR) is 127 cm³/mol. The van der Waals surface area contributed by atoms with Crippen LogP contribution in [0.3, 0.4) is 0 Å². The topological polar surface area (TPSA) is 63.2 Å². The molecule has 0 bridgehead atoms. The predicted octanol–water partition coefficient (Wildman–Crippen LogP) is 5.53. The number of aromatic nitrogens is 1. The lowest BCUT2D eigenvalue weighted by Crippen LogP contribution is -2.39. The zero-order chi connectivity index (χ0) is 21.8. The average Bonchev–Trinajstić information content (AvgIpc) is 3.11. The minimum Gasteiger partial charge on any atom is -0.457 e. The van der Waals surface area contributed by atoms with Gasteiger partial charge in [-0.15, -0.1) is 11.3 Å². The molecule has 0 saturated carbocycles. The molecule has 158 valence electrons. The molecule has 1 aliphatic rings. The summed E-state index contributed by atoms with van der Waals surface area (Å²) in [4.78, 5) is 16.4. The molecular weight excluding hydrogens is 501 g/mol. The highest BCUT2D eigenvalue weighted by Crippen LogP contribution is 2.37. The number of carbonyl (C=O) groups excluding carboxylic acids is 1. The van der Waals surface area contributed by atoms with Crippen LogP contribution in [0.15, 0.2) is 75.8 Å². The lowest BCUT2D eigenvalue weighted by atomic mass is 10.1. The van der Waals surface area contributed by atoms with E-state index in [-0.39, 0.29) is 23.2 Å². The second-order valence-corrected chi connectivity index (χ2v) is 9.62. The van der Waals surface area contributed by atoms with Crippen LogP contribution in [0.2, 0.25) is 0 Å². The van der Waals surface area contributed by atoms with Crippen molar-refractivity contribution >= 4 is 60.7 Å². The highest BCUT2D eigenvalue weighted by atomic mass is 79.9. The van der Waals surface area contributed by atoms with Gasteiger partial charge in [0.05, 0.1) is 20.4 Å². The fraction of sp³-hybridized carbons (Fsp3) is 0.136. The molecule has 9 heteroatoms. The average molecular weight is 518 g/mol. The first kappa shape index (κ1) is 21.6. The molecule has 0 fully saturated rings. The first-order valence-corrected chi connectivity index (χ1v) is 11.5. The number of amides is 1. The Balaban J connectivity index is 1.38. The van der Waals surface area contributed by atoms with Gasteiger partial charge in [0.15, 0.2) is 10.9 Å². The molecule has 2 N–H and O–H groups in total. The highest BCUT2D eigenvalue weighted by Gasteiger charge is 2.18. The van der Waals surface area contributed by atoms with E-state index in [4.69, 9.17) is 17.0 Å². The molecule has 1 aliphatic carbocycles. The Kier molecular flexibility index (Phi) is 6.74. The molecule has 0 spiro atoms. The van der Waals surface area contributed by atoms with Gasteiger partial charge in [0.25, 0.3) is 0 Å². The summed E-state index contributed by atoms with van der Waals surface area (Å²) in [5.41, 5.74) is 2.26. The molecule has 1 aromatic carbocycles. The maximum atomic E-state index is 14.7. The molecule has 0 radical (unpaired) electrons. The first-order valence-electron chi connectivity index (χ1n) is 9.44. The van der Waals surface area contributed by atoms with Crippen molar-refractivity contribution in [2.75, 3.05) is 0 Å². The van der Waals surface area contributed by atoms with Gasteiger partial charge >= 0.3 is 0 Å². The van der Waals surface area contributed by atoms with Crippen molar-refractivity contribution in [2.45, 2.75) is 19.3 Å². The zero-order valence-corrected chi connectivity index (χ0v) is 19.4. The summed E-state index contributed by atoms with van der Waals surface area (Å²) in [6.07, 6.45) is 4.06. The summed E-state index contributed by atoms with van der Waals surface area (Å²) in [6, 6.07) is 13.0. The number of carbonyl (C=O) groups is 1. The van der Waals surface area contributed by atoms with Gasteiger partial charge in [0.1, 0.15) is 11.5 Å². The Bertz CT molecular complexity index is 1210. The van der Waals surface area contributed by atoms with Crippen LogP contribution in [0.25, 0.3) is 10.2 Å². The van der Waals surface area contributed by atoms with Gasteiger partial charge in [0.2, 0.25) is 5.91 Å². The van der Waals surface area contributed by atoms with E-state index in [0.29, 0.717) is 24.3 Å². The lowest BCUT2D eigenvalue weighted by Gasteiger charge is -2.19. The number of thiophene rings is 1. The molecular formula is C22H17BrFN3O2S2. The van der Waals surface area contributed by atoms with Crippen molar-refractivity contribution in [1.82, 2.24) is 15.6 Å². The standard InChI is InChI=1S/C22H17BrFN3O2S2/c23-19-12-16-21(31-19)18(8-9-25-16)29-17-7-6-14(11-15(17)24)26-22(30)27-20(28)10-13-4-2-1-3-5-13/h1-5,8-9,11-12H,6-7,10H2,(H2,26,27,28,30). The zero-order valence-electron chi connectivity index (χ0n) is 16.2. The van der Waals surface area contributed by atoms with Gasteiger partial charge < -0.3 is 15.4 Å². The molecule has 31 heavy (non-hydrogen) atoms. The van der Waals surface area contributed by atoms with Crippen LogP contribution in [0.4, 0.5) is 4.39 Å². The number of benzene rings is 1. The molecule has 0 unspecified atom stereocenters. The van der Waals surface area contributed by atoms with Crippen LogP contribution in [-0.4, -0.2) is 16.0 Å². The number of rotatable bonds is 5. The quantitative estimate of drug-likeness (QED) is 0.435. The van der Waals surface area contributed by atoms with E-state index in [1.807, 2.05) is 36.4 Å². The summed E-state index contributed by atoms with van der Waals surface area (Å²) >= 11 is 10.1. The number of fused-ring (bicyclic) bond motifs is 1. The second kappa shape index (κ2) is 9.67. The van der Waals surface area contributed by atoms with Crippen LogP contribution in [-0.2, 0) is 11.2 Å². The second-order valence-electron chi connectivity index (χ2n) is 6.78. The van der Waals surface area contributed by atoms with E-state index in [2.05, 4.69) is 31.5 Å². The van der Waals surface area contributed by atoms with E-state index in [0.717, 1.165) is 19.6 Å². The number of hydrogen-bond acceptors (Lipinski definition) is 5.